The number of benzene rings is 2. The monoisotopic (exact) mass is 430 g/mol. The van der Waals surface area contributed by atoms with E-state index in [1.54, 1.807) is 0 Å². The van der Waals surface area contributed by atoms with Gasteiger partial charge in [-0.3, -0.25) is 4.90 Å². The molecule has 4 nitrogen and oxygen atoms in total. The van der Waals surface area contributed by atoms with Crippen LogP contribution in [0, 0.1) is 11.6 Å². The molecule has 0 bridgehead atoms. The molecule has 0 aromatic heterocycles. The summed E-state index contributed by atoms with van der Waals surface area (Å²) in [6.07, 6.45) is 0. The topological polar surface area (TPSA) is 40.6 Å². The maximum atomic E-state index is 13.8. The number of rotatable bonds is 4. The summed E-state index contributed by atoms with van der Waals surface area (Å²) in [6.45, 7) is 2.12. The third kappa shape index (κ3) is 4.08. The van der Waals surface area contributed by atoms with Gasteiger partial charge in [0, 0.05) is 37.2 Å². The van der Waals surface area contributed by atoms with E-state index in [1.807, 2.05) is 24.3 Å². The highest BCUT2D eigenvalue weighted by atomic mass is 79.9. The largest absolute Gasteiger partial charge is 0.296 e. The van der Waals surface area contributed by atoms with Gasteiger partial charge in [0.05, 0.1) is 0 Å². The van der Waals surface area contributed by atoms with E-state index in [2.05, 4.69) is 20.8 Å². The molecule has 2 aromatic rings. The second-order valence-electron chi connectivity index (χ2n) is 5.86. The first-order valence-electron chi connectivity index (χ1n) is 7.79. The summed E-state index contributed by atoms with van der Waals surface area (Å²) in [5, 5.41) is 0. The van der Waals surface area contributed by atoms with Crippen LogP contribution in [-0.4, -0.2) is 43.8 Å². The summed E-state index contributed by atoms with van der Waals surface area (Å²) in [6, 6.07) is 11.0. The minimum absolute atomic E-state index is 0.201. The van der Waals surface area contributed by atoms with Gasteiger partial charge in [0.15, 0.2) is 4.90 Å². The predicted octanol–water partition coefficient (Wildman–Crippen LogP) is 3.23. The number of piperazine rings is 1. The Kier molecular flexibility index (Phi) is 5.52. The number of halogens is 3. The van der Waals surface area contributed by atoms with Crippen molar-refractivity contribution < 1.29 is 17.2 Å². The van der Waals surface area contributed by atoms with E-state index in [0.29, 0.717) is 19.6 Å². The van der Waals surface area contributed by atoms with Gasteiger partial charge < -0.3 is 0 Å². The van der Waals surface area contributed by atoms with Crippen molar-refractivity contribution in [2.24, 2.45) is 0 Å². The smallest absolute Gasteiger partial charge is 0.249 e. The van der Waals surface area contributed by atoms with Gasteiger partial charge in [-0.05, 0) is 29.8 Å². The number of sulfonamides is 1. The van der Waals surface area contributed by atoms with Crippen LogP contribution in [0.15, 0.2) is 51.8 Å². The van der Waals surface area contributed by atoms with Crippen molar-refractivity contribution in [1.82, 2.24) is 9.21 Å². The van der Waals surface area contributed by atoms with E-state index in [0.717, 1.165) is 32.5 Å². The van der Waals surface area contributed by atoms with Gasteiger partial charge in [0.2, 0.25) is 10.0 Å². The van der Waals surface area contributed by atoms with Crippen LogP contribution >= 0.6 is 15.9 Å². The van der Waals surface area contributed by atoms with Crippen LogP contribution in [0.25, 0.3) is 0 Å². The van der Waals surface area contributed by atoms with E-state index in [4.69, 9.17) is 0 Å². The summed E-state index contributed by atoms with van der Waals surface area (Å²) in [5.41, 5.74) is 1.12. The first-order valence-corrected chi connectivity index (χ1v) is 10.0. The molecule has 2 aromatic carbocycles. The van der Waals surface area contributed by atoms with Crippen LogP contribution in [0.5, 0.6) is 0 Å². The van der Waals surface area contributed by atoms with Crippen molar-refractivity contribution in [3.63, 3.8) is 0 Å². The second kappa shape index (κ2) is 7.49. The fourth-order valence-corrected chi connectivity index (χ4v) is 4.63. The fourth-order valence-electron chi connectivity index (χ4n) is 2.83. The normalized spacial score (nSPS) is 16.9. The van der Waals surface area contributed by atoms with Crippen molar-refractivity contribution >= 4 is 26.0 Å². The lowest BCUT2D eigenvalue weighted by atomic mass is 10.2. The molecule has 0 spiro atoms. The summed E-state index contributed by atoms with van der Waals surface area (Å²) >= 11 is 3.39. The minimum Gasteiger partial charge on any atom is -0.296 e. The quantitative estimate of drug-likeness (QED) is 0.747. The van der Waals surface area contributed by atoms with Gasteiger partial charge in [-0.1, -0.05) is 34.1 Å². The van der Waals surface area contributed by atoms with E-state index < -0.39 is 26.6 Å². The molecule has 1 heterocycles. The summed E-state index contributed by atoms with van der Waals surface area (Å²) in [4.78, 5) is 1.25. The van der Waals surface area contributed by atoms with Gasteiger partial charge in [0.25, 0.3) is 0 Å². The minimum atomic E-state index is -4.17. The lowest BCUT2D eigenvalue weighted by molar-refractivity contribution is 0.181. The van der Waals surface area contributed by atoms with Crippen LogP contribution in [0.1, 0.15) is 5.56 Å². The van der Waals surface area contributed by atoms with Gasteiger partial charge in [-0.15, -0.1) is 0 Å². The highest BCUT2D eigenvalue weighted by Gasteiger charge is 2.32. The molecule has 0 unspecified atom stereocenters. The molecule has 8 heteroatoms. The molecule has 0 radical (unpaired) electrons. The van der Waals surface area contributed by atoms with Crippen LogP contribution < -0.4 is 0 Å². The van der Waals surface area contributed by atoms with Crippen molar-refractivity contribution in [3.05, 3.63) is 64.1 Å². The zero-order chi connectivity index (χ0) is 18.0. The predicted molar refractivity (Wildman–Crippen MR) is 94.5 cm³/mol. The maximum Gasteiger partial charge on any atom is 0.249 e. The van der Waals surface area contributed by atoms with Crippen LogP contribution in [-0.2, 0) is 16.6 Å². The summed E-state index contributed by atoms with van der Waals surface area (Å²) in [5.74, 6) is -2.12. The molecule has 0 atom stereocenters. The molecule has 0 saturated carbocycles. The number of nitrogens with zero attached hydrogens (tertiary/aromatic N) is 2. The summed E-state index contributed by atoms with van der Waals surface area (Å²) < 4.78 is 54.9. The average Bonchev–Trinajstić information content (AvgIpc) is 2.57. The van der Waals surface area contributed by atoms with E-state index in [9.17, 15) is 17.2 Å². The Hall–Kier alpha value is -1.35. The highest BCUT2D eigenvalue weighted by Crippen LogP contribution is 2.24. The third-order valence-corrected chi connectivity index (χ3v) is 6.65. The van der Waals surface area contributed by atoms with Crippen molar-refractivity contribution in [3.8, 4) is 0 Å². The number of hydrogen-bond donors (Lipinski definition) is 0. The Bertz CT molecular complexity index is 831. The standard InChI is InChI=1S/C17H17BrF2N2O2S/c18-14-6-4-13(5-7-14)12-21-8-10-22(11-9-21)25(23,24)17-15(19)2-1-3-16(17)20/h1-7H,8-12H2. The van der Waals surface area contributed by atoms with Crippen LogP contribution in [0.2, 0.25) is 0 Å². The fraction of sp³-hybridized carbons (Fsp3) is 0.294. The highest BCUT2D eigenvalue weighted by molar-refractivity contribution is 9.10. The van der Waals surface area contributed by atoms with Crippen molar-refractivity contribution in [2.45, 2.75) is 11.4 Å². The zero-order valence-corrected chi connectivity index (χ0v) is 15.7. The summed E-state index contributed by atoms with van der Waals surface area (Å²) in [7, 11) is -4.17. The molecule has 1 aliphatic rings. The van der Waals surface area contributed by atoms with E-state index in [-0.39, 0.29) is 13.1 Å². The molecule has 1 fully saturated rings. The SMILES string of the molecule is O=S(=O)(c1c(F)cccc1F)N1CCN(Cc2ccc(Br)cc2)CC1. The molecule has 0 N–H and O–H groups in total. The molecule has 0 amide bonds. The first kappa shape index (κ1) is 18.4. The Morgan fingerprint density at radius 1 is 0.920 bits per heavy atom. The maximum absolute atomic E-state index is 13.8. The van der Waals surface area contributed by atoms with Gasteiger partial charge in [-0.25, -0.2) is 17.2 Å². The van der Waals surface area contributed by atoms with E-state index in [1.165, 1.54) is 0 Å². The van der Waals surface area contributed by atoms with Gasteiger partial charge >= 0.3 is 0 Å². The van der Waals surface area contributed by atoms with Crippen LogP contribution in [0.3, 0.4) is 0 Å². The van der Waals surface area contributed by atoms with Crippen molar-refractivity contribution in [1.29, 1.82) is 0 Å². The van der Waals surface area contributed by atoms with Crippen molar-refractivity contribution in [2.75, 3.05) is 26.2 Å². The third-order valence-electron chi connectivity index (χ3n) is 4.17. The Balaban J connectivity index is 1.68. The second-order valence-corrected chi connectivity index (χ2v) is 8.65. The average molecular weight is 431 g/mol. The van der Waals surface area contributed by atoms with Crippen LogP contribution in [0.4, 0.5) is 8.78 Å². The molecule has 25 heavy (non-hydrogen) atoms. The van der Waals surface area contributed by atoms with Gasteiger partial charge in [-0.2, -0.15) is 4.31 Å². The zero-order valence-electron chi connectivity index (χ0n) is 13.3. The molecule has 3 rings (SSSR count). The first-order chi connectivity index (χ1) is 11.9. The lowest BCUT2D eigenvalue weighted by Crippen LogP contribution is -2.48. The lowest BCUT2D eigenvalue weighted by Gasteiger charge is -2.34. The van der Waals surface area contributed by atoms with Gasteiger partial charge in [0.1, 0.15) is 11.6 Å². The molecule has 1 saturated heterocycles. The molecule has 1 aliphatic heterocycles. The molecular weight excluding hydrogens is 414 g/mol. The Morgan fingerprint density at radius 2 is 1.48 bits per heavy atom. The molecule has 0 aliphatic carbocycles. The molecule has 134 valence electrons. The number of hydrogen-bond acceptors (Lipinski definition) is 3. The Morgan fingerprint density at radius 3 is 2.04 bits per heavy atom. The van der Waals surface area contributed by atoms with E-state index >= 15 is 0 Å². The molecular formula is C17H17BrF2N2O2S. The Labute approximate surface area is 154 Å².